The number of sulfonamides is 1. The van der Waals surface area contributed by atoms with Gasteiger partial charge in [-0.2, -0.15) is 0 Å². The SMILES string of the molecule is CC1(CNS(=O)(=O)CCc2ccncc2)CCNCC1. The summed E-state index contributed by atoms with van der Waals surface area (Å²) in [6.07, 6.45) is 5.92. The van der Waals surface area contributed by atoms with Gasteiger partial charge in [-0.3, -0.25) is 4.98 Å². The number of aromatic nitrogens is 1. The molecule has 2 N–H and O–H groups in total. The van der Waals surface area contributed by atoms with Gasteiger partial charge < -0.3 is 5.32 Å². The van der Waals surface area contributed by atoms with E-state index >= 15 is 0 Å². The van der Waals surface area contributed by atoms with Crippen LogP contribution in [0.5, 0.6) is 0 Å². The van der Waals surface area contributed by atoms with Crippen molar-refractivity contribution in [1.82, 2.24) is 15.0 Å². The normalized spacial score (nSPS) is 18.9. The number of nitrogens with zero attached hydrogens (tertiary/aromatic N) is 1. The molecule has 0 spiro atoms. The Morgan fingerprint density at radius 2 is 1.95 bits per heavy atom. The Hall–Kier alpha value is -0.980. The van der Waals surface area contributed by atoms with Gasteiger partial charge in [0.15, 0.2) is 0 Å². The fourth-order valence-corrected chi connectivity index (χ4v) is 3.58. The van der Waals surface area contributed by atoms with Crippen LogP contribution < -0.4 is 10.0 Å². The number of nitrogens with one attached hydrogen (secondary N) is 2. The predicted molar refractivity (Wildman–Crippen MR) is 79.9 cm³/mol. The molecule has 1 aromatic heterocycles. The molecular formula is C14H23N3O2S. The molecule has 0 saturated carbocycles. The minimum Gasteiger partial charge on any atom is -0.317 e. The van der Waals surface area contributed by atoms with Crippen molar-refractivity contribution in [2.24, 2.45) is 5.41 Å². The van der Waals surface area contributed by atoms with Crippen LogP contribution in [-0.4, -0.2) is 38.8 Å². The van der Waals surface area contributed by atoms with Crippen LogP contribution in [0.3, 0.4) is 0 Å². The molecule has 0 amide bonds. The lowest BCUT2D eigenvalue weighted by Crippen LogP contribution is -2.43. The molecule has 2 rings (SSSR count). The number of rotatable bonds is 6. The molecule has 0 aromatic carbocycles. The zero-order valence-electron chi connectivity index (χ0n) is 11.9. The van der Waals surface area contributed by atoms with E-state index in [4.69, 9.17) is 0 Å². The Labute approximate surface area is 121 Å². The maximum atomic E-state index is 12.0. The summed E-state index contributed by atoms with van der Waals surface area (Å²) in [5.74, 6) is 0.130. The first kappa shape index (κ1) is 15.4. The molecule has 6 heteroatoms. The lowest BCUT2D eigenvalue weighted by molar-refractivity contribution is 0.232. The highest BCUT2D eigenvalue weighted by Crippen LogP contribution is 2.26. The average molecular weight is 297 g/mol. The molecule has 1 fully saturated rings. The molecule has 5 nitrogen and oxygen atoms in total. The molecule has 0 unspecified atom stereocenters. The first-order valence-electron chi connectivity index (χ1n) is 7.06. The summed E-state index contributed by atoms with van der Waals surface area (Å²) >= 11 is 0. The van der Waals surface area contributed by atoms with E-state index in [2.05, 4.69) is 21.9 Å². The Balaban J connectivity index is 1.82. The second kappa shape index (κ2) is 6.65. The Morgan fingerprint density at radius 3 is 2.60 bits per heavy atom. The van der Waals surface area contributed by atoms with Crippen molar-refractivity contribution >= 4 is 10.0 Å². The summed E-state index contributed by atoms with van der Waals surface area (Å²) in [6, 6.07) is 3.70. The summed E-state index contributed by atoms with van der Waals surface area (Å²) in [5, 5.41) is 3.30. The standard InChI is InChI=1S/C14H23N3O2S/c1-14(5-9-16-10-6-14)12-17-20(18,19)11-4-13-2-7-15-8-3-13/h2-3,7-8,16-17H,4-6,9-12H2,1H3. The van der Waals surface area contributed by atoms with Crippen molar-refractivity contribution < 1.29 is 8.42 Å². The third kappa shape index (κ3) is 4.85. The van der Waals surface area contributed by atoms with Gasteiger partial charge in [0.2, 0.25) is 10.0 Å². The monoisotopic (exact) mass is 297 g/mol. The minimum atomic E-state index is -3.21. The fourth-order valence-electron chi connectivity index (χ4n) is 2.37. The molecule has 0 radical (unpaired) electrons. The van der Waals surface area contributed by atoms with E-state index in [9.17, 15) is 8.42 Å². The molecule has 0 atom stereocenters. The van der Waals surface area contributed by atoms with Crippen molar-refractivity contribution in [2.45, 2.75) is 26.2 Å². The van der Waals surface area contributed by atoms with Crippen LogP contribution >= 0.6 is 0 Å². The molecule has 1 aliphatic heterocycles. The number of hydrogen-bond donors (Lipinski definition) is 2. The predicted octanol–water partition coefficient (Wildman–Crippen LogP) is 0.933. The van der Waals surface area contributed by atoms with E-state index in [0.717, 1.165) is 31.5 Å². The van der Waals surface area contributed by atoms with E-state index in [0.29, 0.717) is 13.0 Å². The van der Waals surface area contributed by atoms with E-state index < -0.39 is 10.0 Å². The highest BCUT2D eigenvalue weighted by atomic mass is 32.2. The topological polar surface area (TPSA) is 71.1 Å². The van der Waals surface area contributed by atoms with Gasteiger partial charge in [0.05, 0.1) is 5.75 Å². The van der Waals surface area contributed by atoms with Gasteiger partial charge in [0, 0.05) is 18.9 Å². The molecule has 1 saturated heterocycles. The van der Waals surface area contributed by atoms with Gasteiger partial charge in [-0.05, 0) is 55.5 Å². The number of aryl methyl sites for hydroxylation is 1. The van der Waals surface area contributed by atoms with E-state index in [1.165, 1.54) is 0 Å². The highest BCUT2D eigenvalue weighted by molar-refractivity contribution is 7.89. The summed E-state index contributed by atoms with van der Waals surface area (Å²) in [5.41, 5.74) is 1.08. The minimum absolute atomic E-state index is 0.0784. The Bertz CT molecular complexity index is 510. The van der Waals surface area contributed by atoms with Crippen LogP contribution in [0, 0.1) is 5.41 Å². The lowest BCUT2D eigenvalue weighted by atomic mass is 9.81. The molecular weight excluding hydrogens is 274 g/mol. The van der Waals surface area contributed by atoms with Crippen LogP contribution in [-0.2, 0) is 16.4 Å². The lowest BCUT2D eigenvalue weighted by Gasteiger charge is -2.34. The number of pyridine rings is 1. The van der Waals surface area contributed by atoms with Gasteiger partial charge in [0.25, 0.3) is 0 Å². The van der Waals surface area contributed by atoms with E-state index in [-0.39, 0.29) is 11.2 Å². The van der Waals surface area contributed by atoms with Crippen LogP contribution in [0.1, 0.15) is 25.3 Å². The van der Waals surface area contributed by atoms with Crippen LogP contribution in [0.15, 0.2) is 24.5 Å². The maximum Gasteiger partial charge on any atom is 0.211 e. The Morgan fingerprint density at radius 1 is 1.30 bits per heavy atom. The third-order valence-electron chi connectivity index (χ3n) is 3.94. The van der Waals surface area contributed by atoms with E-state index in [1.807, 2.05) is 12.1 Å². The van der Waals surface area contributed by atoms with Gasteiger partial charge in [-0.25, -0.2) is 13.1 Å². The molecule has 2 heterocycles. The molecule has 0 bridgehead atoms. The molecule has 20 heavy (non-hydrogen) atoms. The second-order valence-electron chi connectivity index (χ2n) is 5.81. The van der Waals surface area contributed by atoms with Gasteiger partial charge >= 0.3 is 0 Å². The summed E-state index contributed by atoms with van der Waals surface area (Å²) in [7, 11) is -3.21. The van der Waals surface area contributed by atoms with Crippen LogP contribution in [0.2, 0.25) is 0 Å². The number of piperidine rings is 1. The van der Waals surface area contributed by atoms with Gasteiger partial charge in [-0.1, -0.05) is 6.92 Å². The Kier molecular flexibility index (Phi) is 5.12. The summed E-state index contributed by atoms with van der Waals surface area (Å²) in [6.45, 7) is 4.62. The number of hydrogen-bond acceptors (Lipinski definition) is 4. The quantitative estimate of drug-likeness (QED) is 0.819. The van der Waals surface area contributed by atoms with Crippen molar-refractivity contribution in [1.29, 1.82) is 0 Å². The van der Waals surface area contributed by atoms with E-state index in [1.54, 1.807) is 12.4 Å². The second-order valence-corrected chi connectivity index (χ2v) is 7.73. The van der Waals surface area contributed by atoms with Crippen LogP contribution in [0.25, 0.3) is 0 Å². The molecule has 112 valence electrons. The zero-order chi connectivity index (χ0) is 14.5. The molecule has 1 aliphatic rings. The first-order valence-corrected chi connectivity index (χ1v) is 8.71. The molecule has 1 aromatic rings. The summed E-state index contributed by atoms with van der Waals surface area (Å²) in [4.78, 5) is 3.93. The van der Waals surface area contributed by atoms with Crippen molar-refractivity contribution in [3.05, 3.63) is 30.1 Å². The largest absolute Gasteiger partial charge is 0.317 e. The fraction of sp³-hybridized carbons (Fsp3) is 0.643. The zero-order valence-corrected chi connectivity index (χ0v) is 12.7. The van der Waals surface area contributed by atoms with Gasteiger partial charge in [0.1, 0.15) is 0 Å². The van der Waals surface area contributed by atoms with Crippen molar-refractivity contribution in [2.75, 3.05) is 25.4 Å². The van der Waals surface area contributed by atoms with Gasteiger partial charge in [-0.15, -0.1) is 0 Å². The smallest absolute Gasteiger partial charge is 0.211 e. The molecule has 0 aliphatic carbocycles. The highest BCUT2D eigenvalue weighted by Gasteiger charge is 2.28. The van der Waals surface area contributed by atoms with Crippen molar-refractivity contribution in [3.8, 4) is 0 Å². The van der Waals surface area contributed by atoms with Crippen molar-refractivity contribution in [3.63, 3.8) is 0 Å². The summed E-state index contributed by atoms with van der Waals surface area (Å²) < 4.78 is 26.9. The average Bonchev–Trinajstić information content (AvgIpc) is 2.46. The van der Waals surface area contributed by atoms with Crippen LogP contribution in [0.4, 0.5) is 0 Å². The first-order chi connectivity index (χ1) is 9.49. The third-order valence-corrected chi connectivity index (χ3v) is 5.26. The maximum absolute atomic E-state index is 12.0.